The number of anilines is 1. The molecule has 180 valence electrons. The molecule has 4 rings (SSSR count). The van der Waals surface area contributed by atoms with Gasteiger partial charge < -0.3 is 10.2 Å². The highest BCUT2D eigenvalue weighted by Gasteiger charge is 2.28. The van der Waals surface area contributed by atoms with Gasteiger partial charge in [0.15, 0.2) is 0 Å². The molecule has 2 amide bonds. The summed E-state index contributed by atoms with van der Waals surface area (Å²) in [5, 5.41) is 3.53. The summed E-state index contributed by atoms with van der Waals surface area (Å²) in [4.78, 5) is 33.9. The predicted molar refractivity (Wildman–Crippen MR) is 145 cm³/mol. The Kier molecular flexibility index (Phi) is 7.36. The van der Waals surface area contributed by atoms with Crippen LogP contribution in [0, 0.1) is 13.8 Å². The third-order valence-corrected chi connectivity index (χ3v) is 6.78. The summed E-state index contributed by atoms with van der Waals surface area (Å²) in [6.07, 6.45) is 0.593. The number of hydrogen-bond donors (Lipinski definition) is 1. The van der Waals surface area contributed by atoms with Crippen LogP contribution in [0.4, 0.5) is 10.5 Å². The third-order valence-electron chi connectivity index (χ3n) is 6.29. The number of urea groups is 1. The Labute approximate surface area is 213 Å². The lowest BCUT2D eigenvalue weighted by molar-refractivity contribution is 0.185. The average Bonchev–Trinajstić information content (AvgIpc) is 2.84. The van der Waals surface area contributed by atoms with Gasteiger partial charge in [-0.2, -0.15) is 0 Å². The number of benzene rings is 3. The van der Waals surface area contributed by atoms with Crippen molar-refractivity contribution in [3.63, 3.8) is 0 Å². The van der Waals surface area contributed by atoms with Crippen molar-refractivity contribution < 1.29 is 4.79 Å². The van der Waals surface area contributed by atoms with Gasteiger partial charge in [0.2, 0.25) is 0 Å². The van der Waals surface area contributed by atoms with E-state index in [1.54, 1.807) is 15.5 Å². The number of carbonyl (C=O) groups is 1. The van der Waals surface area contributed by atoms with Crippen molar-refractivity contribution in [3.05, 3.63) is 98.5 Å². The molecule has 35 heavy (non-hydrogen) atoms. The normalized spacial score (nSPS) is 11.9. The fourth-order valence-electron chi connectivity index (χ4n) is 4.30. The van der Waals surface area contributed by atoms with E-state index in [1.807, 2.05) is 88.4 Å². The highest BCUT2D eigenvalue weighted by atomic mass is 79.9. The summed E-state index contributed by atoms with van der Waals surface area (Å²) < 4.78 is 2.54. The van der Waals surface area contributed by atoms with Gasteiger partial charge in [-0.15, -0.1) is 0 Å². The summed E-state index contributed by atoms with van der Waals surface area (Å²) in [6, 6.07) is 20.1. The first kappa shape index (κ1) is 24.7. The number of aromatic nitrogens is 2. The zero-order valence-electron chi connectivity index (χ0n) is 20.4. The van der Waals surface area contributed by atoms with E-state index in [-0.39, 0.29) is 11.6 Å². The number of rotatable bonds is 6. The number of carbonyl (C=O) groups excluding carboxylic acids is 1. The Morgan fingerprint density at radius 3 is 2.49 bits per heavy atom. The molecule has 0 fully saturated rings. The van der Waals surface area contributed by atoms with E-state index in [0.717, 1.165) is 21.3 Å². The fraction of sp³-hybridized carbons (Fsp3) is 0.250. The van der Waals surface area contributed by atoms with E-state index in [1.165, 1.54) is 0 Å². The fourth-order valence-corrected chi connectivity index (χ4v) is 4.70. The molecule has 1 aromatic heterocycles. The van der Waals surface area contributed by atoms with E-state index in [2.05, 4.69) is 21.2 Å². The minimum Gasteiger partial charge on any atom is -0.315 e. The van der Waals surface area contributed by atoms with Crippen LogP contribution < -0.4 is 10.9 Å². The quantitative estimate of drug-likeness (QED) is 0.298. The molecule has 7 heteroatoms. The second kappa shape index (κ2) is 10.4. The molecular weight excluding hydrogens is 504 g/mol. The van der Waals surface area contributed by atoms with Crippen LogP contribution in [0.25, 0.3) is 16.6 Å². The van der Waals surface area contributed by atoms with Crippen LogP contribution in [-0.2, 0) is 0 Å². The van der Waals surface area contributed by atoms with Crippen molar-refractivity contribution in [2.45, 2.75) is 40.2 Å². The van der Waals surface area contributed by atoms with Crippen LogP contribution in [0.5, 0.6) is 0 Å². The zero-order chi connectivity index (χ0) is 25.1. The van der Waals surface area contributed by atoms with Crippen LogP contribution in [0.15, 0.2) is 76.0 Å². The Bertz CT molecular complexity index is 1450. The maximum Gasteiger partial charge on any atom is 0.322 e. The molecule has 0 radical (unpaired) electrons. The van der Waals surface area contributed by atoms with Crippen LogP contribution >= 0.6 is 15.9 Å². The molecule has 1 unspecified atom stereocenters. The van der Waals surface area contributed by atoms with Crippen molar-refractivity contribution in [3.8, 4) is 5.69 Å². The molecule has 6 nitrogen and oxygen atoms in total. The lowest BCUT2D eigenvalue weighted by Gasteiger charge is -2.31. The maximum atomic E-state index is 13.8. The van der Waals surface area contributed by atoms with Crippen LogP contribution in [0.2, 0.25) is 0 Å². The summed E-state index contributed by atoms with van der Waals surface area (Å²) in [5.41, 5.74) is 4.14. The number of fused-ring (bicyclic) bond motifs is 1. The molecule has 4 aromatic rings. The number of para-hydroxylation sites is 1. The number of nitrogens with one attached hydrogen (secondary N) is 1. The van der Waals surface area contributed by atoms with Gasteiger partial charge in [-0.25, -0.2) is 9.78 Å². The molecule has 1 N–H and O–H groups in total. The smallest absolute Gasteiger partial charge is 0.315 e. The van der Waals surface area contributed by atoms with Gasteiger partial charge in [-0.3, -0.25) is 9.36 Å². The van der Waals surface area contributed by atoms with E-state index < -0.39 is 6.04 Å². The Morgan fingerprint density at radius 1 is 1.03 bits per heavy atom. The van der Waals surface area contributed by atoms with Gasteiger partial charge in [0.25, 0.3) is 5.56 Å². The minimum atomic E-state index is -0.411. The number of nitrogens with zero attached hydrogens (tertiary/aromatic N) is 3. The number of aryl methyl sites for hydroxylation is 2. The van der Waals surface area contributed by atoms with Crippen LogP contribution in [0.3, 0.4) is 0 Å². The largest absolute Gasteiger partial charge is 0.322 e. The van der Waals surface area contributed by atoms with Crippen molar-refractivity contribution in [1.29, 1.82) is 0 Å². The Hall–Kier alpha value is -3.45. The van der Waals surface area contributed by atoms with E-state index in [4.69, 9.17) is 4.98 Å². The first-order chi connectivity index (χ1) is 16.8. The second-order valence-corrected chi connectivity index (χ2v) is 9.46. The van der Waals surface area contributed by atoms with Crippen molar-refractivity contribution in [2.24, 2.45) is 0 Å². The van der Waals surface area contributed by atoms with E-state index in [0.29, 0.717) is 35.4 Å². The molecule has 0 saturated heterocycles. The summed E-state index contributed by atoms with van der Waals surface area (Å²) >= 11 is 3.45. The highest BCUT2D eigenvalue weighted by Crippen LogP contribution is 2.27. The number of amides is 2. The van der Waals surface area contributed by atoms with E-state index in [9.17, 15) is 9.59 Å². The van der Waals surface area contributed by atoms with Crippen molar-refractivity contribution in [2.75, 3.05) is 11.9 Å². The van der Waals surface area contributed by atoms with Crippen LogP contribution in [-0.4, -0.2) is 27.0 Å². The van der Waals surface area contributed by atoms with Gasteiger partial charge in [-0.1, -0.05) is 47.1 Å². The van der Waals surface area contributed by atoms with Gasteiger partial charge in [-0.05, 0) is 80.8 Å². The van der Waals surface area contributed by atoms with Gasteiger partial charge >= 0.3 is 6.03 Å². The Morgan fingerprint density at radius 2 is 1.80 bits per heavy atom. The van der Waals surface area contributed by atoms with Gasteiger partial charge in [0, 0.05) is 16.7 Å². The topological polar surface area (TPSA) is 67.2 Å². The molecule has 0 aliphatic heterocycles. The highest BCUT2D eigenvalue weighted by molar-refractivity contribution is 9.10. The predicted octanol–water partition coefficient (Wildman–Crippen LogP) is 6.77. The molecule has 1 heterocycles. The average molecular weight is 533 g/mol. The van der Waals surface area contributed by atoms with Crippen molar-refractivity contribution in [1.82, 2.24) is 14.5 Å². The molecule has 3 aromatic carbocycles. The lowest BCUT2D eigenvalue weighted by Crippen LogP contribution is -2.40. The van der Waals surface area contributed by atoms with E-state index >= 15 is 0 Å². The molecule has 0 aliphatic carbocycles. The third kappa shape index (κ3) is 5.00. The molecule has 1 atom stereocenters. The molecular formula is C28H29BrN4O2. The first-order valence-corrected chi connectivity index (χ1v) is 12.6. The lowest BCUT2D eigenvalue weighted by atomic mass is 10.1. The molecule has 0 aliphatic rings. The summed E-state index contributed by atoms with van der Waals surface area (Å²) in [5.74, 6) is 0.547. The van der Waals surface area contributed by atoms with Gasteiger partial charge in [0.1, 0.15) is 5.82 Å². The summed E-state index contributed by atoms with van der Waals surface area (Å²) in [6.45, 7) is 8.46. The molecule has 0 spiro atoms. The Balaban J connectivity index is 1.87. The SMILES string of the molecule is CCC(c1nc2ccccc2c(=O)n1-c1ccc(C)c(C)c1)N(CC)C(=O)Nc1cccc(Br)c1. The molecule has 0 bridgehead atoms. The monoisotopic (exact) mass is 532 g/mol. The molecule has 0 saturated carbocycles. The minimum absolute atomic E-state index is 0.143. The number of hydrogen-bond acceptors (Lipinski definition) is 3. The van der Waals surface area contributed by atoms with Crippen molar-refractivity contribution >= 4 is 38.6 Å². The standard InChI is InChI=1S/C28H29BrN4O2/c1-5-25(32(6-2)28(35)30-21-11-9-10-20(29)17-21)26-31-24-13-8-7-12-23(24)27(34)33(26)22-15-14-18(3)19(4)16-22/h7-17,25H,5-6H2,1-4H3,(H,30,35). The van der Waals surface area contributed by atoms with Crippen LogP contribution in [0.1, 0.15) is 43.3 Å². The second-order valence-electron chi connectivity index (χ2n) is 8.55. The number of halogens is 1. The zero-order valence-corrected chi connectivity index (χ0v) is 22.0. The maximum absolute atomic E-state index is 13.8. The first-order valence-electron chi connectivity index (χ1n) is 11.8. The summed E-state index contributed by atoms with van der Waals surface area (Å²) in [7, 11) is 0. The van der Waals surface area contributed by atoms with Gasteiger partial charge in [0.05, 0.1) is 22.6 Å².